The van der Waals surface area contributed by atoms with Crippen LogP contribution in [0.4, 0.5) is 5.82 Å². The minimum atomic E-state index is 0.149. The van der Waals surface area contributed by atoms with Gasteiger partial charge in [-0.25, -0.2) is 5.84 Å². The molecule has 1 aliphatic heterocycles. The minimum absolute atomic E-state index is 0.149. The van der Waals surface area contributed by atoms with Crippen LogP contribution >= 0.6 is 0 Å². The minimum Gasteiger partial charge on any atom is -0.472 e. The molecule has 0 radical (unpaired) electrons. The van der Waals surface area contributed by atoms with Crippen molar-refractivity contribution >= 4 is 5.82 Å². The number of hydrazine groups is 1. The fraction of sp³-hybridized carbons (Fsp3) is 0.333. The Morgan fingerprint density at radius 3 is 2.95 bits per heavy atom. The molecule has 0 aliphatic carbocycles. The zero-order chi connectivity index (χ0) is 14.5. The van der Waals surface area contributed by atoms with Gasteiger partial charge in [0, 0.05) is 19.6 Å². The number of nitrogens with zero attached hydrogens (tertiary/aromatic N) is 3. The van der Waals surface area contributed by atoms with E-state index in [1.165, 1.54) is 5.56 Å². The first-order chi connectivity index (χ1) is 10.3. The summed E-state index contributed by atoms with van der Waals surface area (Å²) in [5.41, 5.74) is 3.80. The van der Waals surface area contributed by atoms with E-state index in [1.807, 2.05) is 6.07 Å². The van der Waals surface area contributed by atoms with Crippen LogP contribution in [0.5, 0.6) is 5.88 Å². The summed E-state index contributed by atoms with van der Waals surface area (Å²) < 4.78 is 5.87. The number of nitrogens with one attached hydrogen (secondary N) is 1. The molecule has 0 bridgehead atoms. The van der Waals surface area contributed by atoms with Crippen molar-refractivity contribution in [1.29, 1.82) is 0 Å². The van der Waals surface area contributed by atoms with E-state index in [-0.39, 0.29) is 6.10 Å². The average molecular weight is 285 g/mol. The highest BCUT2D eigenvalue weighted by atomic mass is 16.5. The van der Waals surface area contributed by atoms with E-state index in [0.29, 0.717) is 11.7 Å². The lowest BCUT2D eigenvalue weighted by molar-refractivity contribution is 0.191. The van der Waals surface area contributed by atoms with Crippen molar-refractivity contribution in [2.45, 2.75) is 19.1 Å². The molecule has 0 amide bonds. The van der Waals surface area contributed by atoms with Crippen molar-refractivity contribution in [2.24, 2.45) is 5.84 Å². The van der Waals surface area contributed by atoms with E-state index in [1.54, 1.807) is 12.4 Å². The normalized spacial score (nSPS) is 18.6. The predicted molar refractivity (Wildman–Crippen MR) is 80.6 cm³/mol. The van der Waals surface area contributed by atoms with Gasteiger partial charge in [0.2, 0.25) is 5.88 Å². The number of hydrogen-bond acceptors (Lipinski definition) is 6. The van der Waals surface area contributed by atoms with Gasteiger partial charge in [0.25, 0.3) is 0 Å². The Morgan fingerprint density at radius 1 is 1.29 bits per heavy atom. The van der Waals surface area contributed by atoms with Gasteiger partial charge in [0.1, 0.15) is 6.10 Å². The summed E-state index contributed by atoms with van der Waals surface area (Å²) in [7, 11) is 0. The van der Waals surface area contributed by atoms with E-state index in [9.17, 15) is 0 Å². The van der Waals surface area contributed by atoms with Crippen LogP contribution in [0.25, 0.3) is 0 Å². The Balaban J connectivity index is 1.54. The number of ether oxygens (including phenoxy) is 1. The maximum Gasteiger partial charge on any atom is 0.234 e. The summed E-state index contributed by atoms with van der Waals surface area (Å²) in [4.78, 5) is 10.7. The standard InChI is InChI=1S/C15H19N5O/c16-19-14-8-17-9-15(18-14)21-13-6-7-20(11-13)10-12-4-2-1-3-5-12/h1-5,8-9,13H,6-7,10-11,16H2,(H,18,19). The Hall–Kier alpha value is -2.18. The Kier molecular flexibility index (Phi) is 4.28. The third-order valence-corrected chi connectivity index (χ3v) is 3.53. The molecule has 6 nitrogen and oxygen atoms in total. The molecule has 21 heavy (non-hydrogen) atoms. The first kappa shape index (κ1) is 13.8. The number of nitrogen functional groups attached to an aromatic ring is 1. The quantitative estimate of drug-likeness (QED) is 0.639. The summed E-state index contributed by atoms with van der Waals surface area (Å²) in [6, 6.07) is 10.5. The molecular formula is C15H19N5O. The molecule has 1 fully saturated rings. The number of nitrogens with two attached hydrogens (primary N) is 1. The van der Waals surface area contributed by atoms with Gasteiger partial charge in [0.15, 0.2) is 5.82 Å². The first-order valence-corrected chi connectivity index (χ1v) is 7.05. The van der Waals surface area contributed by atoms with Crippen LogP contribution in [0.3, 0.4) is 0 Å². The van der Waals surface area contributed by atoms with Crippen molar-refractivity contribution in [1.82, 2.24) is 14.9 Å². The van der Waals surface area contributed by atoms with Gasteiger partial charge in [-0.05, 0) is 12.0 Å². The molecule has 1 atom stereocenters. The van der Waals surface area contributed by atoms with Crippen LogP contribution in [0.2, 0.25) is 0 Å². The Bertz CT molecular complexity index is 577. The van der Waals surface area contributed by atoms with Gasteiger partial charge in [-0.3, -0.25) is 9.88 Å². The third-order valence-electron chi connectivity index (χ3n) is 3.53. The van der Waals surface area contributed by atoms with Gasteiger partial charge < -0.3 is 10.2 Å². The SMILES string of the molecule is NNc1cncc(OC2CCN(Cc3ccccc3)C2)n1. The fourth-order valence-electron chi connectivity index (χ4n) is 2.52. The highest BCUT2D eigenvalue weighted by Gasteiger charge is 2.24. The highest BCUT2D eigenvalue weighted by molar-refractivity contribution is 5.31. The molecule has 0 saturated carbocycles. The molecule has 110 valence electrons. The van der Waals surface area contributed by atoms with Crippen molar-refractivity contribution in [3.05, 3.63) is 48.3 Å². The molecule has 2 aromatic rings. The second-order valence-electron chi connectivity index (χ2n) is 5.14. The second-order valence-corrected chi connectivity index (χ2v) is 5.14. The zero-order valence-electron chi connectivity index (χ0n) is 11.8. The van der Waals surface area contributed by atoms with Crippen LogP contribution in [-0.4, -0.2) is 34.1 Å². The summed E-state index contributed by atoms with van der Waals surface area (Å²) in [5, 5.41) is 0. The third kappa shape index (κ3) is 3.68. The molecule has 1 aliphatic rings. The van der Waals surface area contributed by atoms with Crippen LogP contribution in [0, 0.1) is 0 Å². The monoisotopic (exact) mass is 285 g/mol. The predicted octanol–water partition coefficient (Wildman–Crippen LogP) is 1.42. The van der Waals surface area contributed by atoms with Crippen molar-refractivity contribution in [3.63, 3.8) is 0 Å². The van der Waals surface area contributed by atoms with E-state index in [2.05, 4.69) is 44.6 Å². The average Bonchev–Trinajstić information content (AvgIpc) is 2.95. The lowest BCUT2D eigenvalue weighted by Gasteiger charge is -2.16. The number of likely N-dealkylation sites (tertiary alicyclic amines) is 1. The smallest absolute Gasteiger partial charge is 0.234 e. The van der Waals surface area contributed by atoms with E-state index >= 15 is 0 Å². The summed E-state index contributed by atoms with van der Waals surface area (Å²) in [5.74, 6) is 6.34. The zero-order valence-corrected chi connectivity index (χ0v) is 11.8. The molecule has 0 spiro atoms. The maximum absolute atomic E-state index is 5.87. The highest BCUT2D eigenvalue weighted by Crippen LogP contribution is 2.18. The first-order valence-electron chi connectivity index (χ1n) is 7.05. The molecular weight excluding hydrogens is 266 g/mol. The molecule has 3 rings (SSSR count). The molecule has 6 heteroatoms. The van der Waals surface area contributed by atoms with Gasteiger partial charge in [-0.2, -0.15) is 4.98 Å². The summed E-state index contributed by atoms with van der Waals surface area (Å²) in [6.07, 6.45) is 4.31. The Labute approximate surface area is 123 Å². The number of anilines is 1. The lowest BCUT2D eigenvalue weighted by atomic mass is 10.2. The molecule has 1 saturated heterocycles. The van der Waals surface area contributed by atoms with Crippen LogP contribution in [0.15, 0.2) is 42.7 Å². The van der Waals surface area contributed by atoms with E-state index in [4.69, 9.17) is 10.6 Å². The molecule has 1 aromatic carbocycles. The Morgan fingerprint density at radius 2 is 2.14 bits per heavy atom. The lowest BCUT2D eigenvalue weighted by Crippen LogP contribution is -2.25. The van der Waals surface area contributed by atoms with Crippen molar-refractivity contribution < 1.29 is 4.74 Å². The van der Waals surface area contributed by atoms with Crippen molar-refractivity contribution in [3.8, 4) is 5.88 Å². The molecule has 3 N–H and O–H groups in total. The van der Waals surface area contributed by atoms with E-state index < -0.39 is 0 Å². The summed E-state index contributed by atoms with van der Waals surface area (Å²) >= 11 is 0. The largest absolute Gasteiger partial charge is 0.472 e. The molecule has 1 aromatic heterocycles. The van der Waals surface area contributed by atoms with E-state index in [0.717, 1.165) is 26.1 Å². The molecule has 2 heterocycles. The number of benzene rings is 1. The number of hydrogen-bond donors (Lipinski definition) is 2. The second kappa shape index (κ2) is 6.51. The van der Waals surface area contributed by atoms with Crippen molar-refractivity contribution in [2.75, 3.05) is 18.5 Å². The topological polar surface area (TPSA) is 76.3 Å². The van der Waals surface area contributed by atoms with Gasteiger partial charge in [0.05, 0.1) is 12.4 Å². The van der Waals surface area contributed by atoms with Gasteiger partial charge in [-0.1, -0.05) is 30.3 Å². The van der Waals surface area contributed by atoms with Gasteiger partial charge >= 0.3 is 0 Å². The van der Waals surface area contributed by atoms with Crippen LogP contribution in [-0.2, 0) is 6.54 Å². The number of rotatable bonds is 5. The maximum atomic E-state index is 5.87. The van der Waals surface area contributed by atoms with Crippen LogP contribution < -0.4 is 16.0 Å². The molecule has 1 unspecified atom stereocenters. The fourth-order valence-corrected chi connectivity index (χ4v) is 2.52. The van der Waals surface area contributed by atoms with Gasteiger partial charge in [-0.15, -0.1) is 0 Å². The number of aromatic nitrogens is 2. The summed E-state index contributed by atoms with van der Waals surface area (Å²) in [6.45, 7) is 2.88. The van der Waals surface area contributed by atoms with Crippen LogP contribution in [0.1, 0.15) is 12.0 Å².